The van der Waals surface area contributed by atoms with E-state index in [-0.39, 0.29) is 5.91 Å². The summed E-state index contributed by atoms with van der Waals surface area (Å²) in [5, 5.41) is 5.71. The molecule has 6 heteroatoms. The Labute approximate surface area is 143 Å². The average Bonchev–Trinajstić information content (AvgIpc) is 2.92. The maximum atomic E-state index is 12.1. The van der Waals surface area contributed by atoms with Crippen molar-refractivity contribution in [2.45, 2.75) is 6.92 Å². The van der Waals surface area contributed by atoms with Gasteiger partial charge in [0, 0.05) is 17.8 Å². The lowest BCUT2D eigenvalue weighted by Crippen LogP contribution is -2.21. The Kier molecular flexibility index (Phi) is 5.77. The first-order chi connectivity index (χ1) is 10.5. The van der Waals surface area contributed by atoms with E-state index < -0.39 is 0 Å². The predicted octanol–water partition coefficient (Wildman–Crippen LogP) is 4.81. The zero-order valence-corrected chi connectivity index (χ0v) is 14.4. The molecule has 1 amide bonds. The average molecular weight is 353 g/mol. The van der Waals surface area contributed by atoms with Crippen LogP contribution in [0.5, 0.6) is 0 Å². The molecule has 0 bridgehead atoms. The van der Waals surface area contributed by atoms with E-state index in [4.69, 9.17) is 23.2 Å². The Balaban J connectivity index is 2.15. The summed E-state index contributed by atoms with van der Waals surface area (Å²) in [7, 11) is 1.70. The molecule has 0 spiro atoms. The minimum absolute atomic E-state index is 0.222. The second-order valence-corrected chi connectivity index (χ2v) is 6.25. The highest BCUT2D eigenvalue weighted by molar-refractivity contribution is 7.12. The number of allylic oxidation sites excluding steroid dienone is 2. The van der Waals surface area contributed by atoms with Gasteiger partial charge >= 0.3 is 0 Å². The number of hydrogen-bond donors (Lipinski definition) is 1. The summed E-state index contributed by atoms with van der Waals surface area (Å²) in [4.78, 5) is 16.8. The molecule has 1 N–H and O–H groups in total. The van der Waals surface area contributed by atoms with Gasteiger partial charge in [-0.25, -0.2) is 0 Å². The van der Waals surface area contributed by atoms with Gasteiger partial charge in [0.1, 0.15) is 4.88 Å². The smallest absolute Gasteiger partial charge is 0.267 e. The van der Waals surface area contributed by atoms with Gasteiger partial charge in [-0.2, -0.15) is 0 Å². The fraction of sp³-hybridized carbons (Fsp3) is 0.125. The third-order valence-corrected chi connectivity index (χ3v) is 4.46. The van der Waals surface area contributed by atoms with Crippen molar-refractivity contribution in [3.8, 4) is 0 Å². The molecule has 0 aliphatic heterocycles. The van der Waals surface area contributed by atoms with Crippen LogP contribution in [0.4, 0.5) is 0 Å². The second-order valence-electron chi connectivity index (χ2n) is 4.49. The van der Waals surface area contributed by atoms with Crippen molar-refractivity contribution in [3.63, 3.8) is 0 Å². The van der Waals surface area contributed by atoms with Crippen LogP contribution in [0.2, 0.25) is 10.0 Å². The van der Waals surface area contributed by atoms with Gasteiger partial charge in [-0.15, -0.1) is 11.3 Å². The molecule has 1 aromatic heterocycles. The van der Waals surface area contributed by atoms with E-state index in [1.54, 1.807) is 37.6 Å². The van der Waals surface area contributed by atoms with Crippen LogP contribution < -0.4 is 5.32 Å². The highest BCUT2D eigenvalue weighted by atomic mass is 35.5. The molecule has 2 aromatic rings. The lowest BCUT2D eigenvalue weighted by atomic mass is 10.1. The number of carbonyl (C=O) groups excluding carboxylic acids is 1. The number of rotatable bonds is 4. The quantitative estimate of drug-likeness (QED) is 0.788. The number of halogens is 2. The largest absolute Gasteiger partial charge is 0.325 e. The van der Waals surface area contributed by atoms with Gasteiger partial charge in [-0.1, -0.05) is 35.3 Å². The number of nitrogens with one attached hydrogen (secondary N) is 1. The molecule has 2 rings (SSSR count). The van der Waals surface area contributed by atoms with Gasteiger partial charge in [0.25, 0.3) is 5.91 Å². The Hall–Kier alpha value is -1.62. The number of nitrogens with zero attached hydrogens (tertiary/aromatic N) is 1. The number of thiophene rings is 1. The maximum absolute atomic E-state index is 12.1. The van der Waals surface area contributed by atoms with E-state index in [2.05, 4.69) is 10.3 Å². The van der Waals surface area contributed by atoms with Crippen LogP contribution in [0.25, 0.3) is 0 Å². The summed E-state index contributed by atoms with van der Waals surface area (Å²) in [5.74, 6) is -0.222. The summed E-state index contributed by atoms with van der Waals surface area (Å²) < 4.78 is 0. The maximum Gasteiger partial charge on any atom is 0.267 e. The fourth-order valence-corrected chi connectivity index (χ4v) is 2.99. The molecule has 114 valence electrons. The summed E-state index contributed by atoms with van der Waals surface area (Å²) in [6.07, 6.45) is 1.81. The zero-order chi connectivity index (χ0) is 16.1. The van der Waals surface area contributed by atoms with E-state index in [9.17, 15) is 4.79 Å². The van der Waals surface area contributed by atoms with Crippen molar-refractivity contribution >= 4 is 46.2 Å². The summed E-state index contributed by atoms with van der Waals surface area (Å²) in [5.41, 5.74) is 2.37. The van der Waals surface area contributed by atoms with Gasteiger partial charge in [0.2, 0.25) is 0 Å². The molecule has 3 nitrogen and oxygen atoms in total. The van der Waals surface area contributed by atoms with Gasteiger partial charge in [0.05, 0.1) is 10.7 Å². The summed E-state index contributed by atoms with van der Waals surface area (Å²) >= 11 is 13.1. The van der Waals surface area contributed by atoms with Crippen LogP contribution in [-0.4, -0.2) is 18.7 Å². The van der Waals surface area contributed by atoms with Crippen LogP contribution in [0.1, 0.15) is 22.2 Å². The SMILES string of the molecule is CN=C(/C=C(\C)NC(=O)c1sccc1Cl)c1ccc(Cl)cc1. The van der Waals surface area contributed by atoms with E-state index >= 15 is 0 Å². The zero-order valence-electron chi connectivity index (χ0n) is 12.1. The molecular formula is C16H14Cl2N2OS. The molecule has 1 heterocycles. The normalized spacial score (nSPS) is 12.4. The Morgan fingerprint density at radius 1 is 1.23 bits per heavy atom. The topological polar surface area (TPSA) is 41.5 Å². The number of aliphatic imine (C=N–C) groups is 1. The molecule has 0 saturated heterocycles. The van der Waals surface area contributed by atoms with Gasteiger partial charge in [-0.3, -0.25) is 9.79 Å². The van der Waals surface area contributed by atoms with E-state index in [0.29, 0.717) is 20.6 Å². The van der Waals surface area contributed by atoms with Crippen molar-refractivity contribution in [2.75, 3.05) is 7.05 Å². The Morgan fingerprint density at radius 3 is 2.45 bits per heavy atom. The van der Waals surface area contributed by atoms with Crippen LogP contribution in [-0.2, 0) is 0 Å². The van der Waals surface area contributed by atoms with Gasteiger partial charge < -0.3 is 5.32 Å². The third-order valence-electron chi connectivity index (χ3n) is 2.87. The molecule has 0 radical (unpaired) electrons. The Bertz CT molecular complexity index is 733. The first-order valence-electron chi connectivity index (χ1n) is 6.46. The first kappa shape index (κ1) is 16.7. The minimum atomic E-state index is -0.222. The van der Waals surface area contributed by atoms with Gasteiger partial charge in [0.15, 0.2) is 0 Å². The highest BCUT2D eigenvalue weighted by Gasteiger charge is 2.12. The van der Waals surface area contributed by atoms with Crippen molar-refractivity contribution in [1.82, 2.24) is 5.32 Å². The van der Waals surface area contributed by atoms with Crippen molar-refractivity contribution < 1.29 is 4.79 Å². The van der Waals surface area contributed by atoms with Crippen LogP contribution in [0, 0.1) is 0 Å². The van der Waals surface area contributed by atoms with Crippen molar-refractivity contribution in [2.24, 2.45) is 4.99 Å². The van der Waals surface area contributed by atoms with E-state index in [1.165, 1.54) is 11.3 Å². The molecule has 0 aliphatic carbocycles. The number of carbonyl (C=O) groups is 1. The number of amides is 1. The molecule has 0 atom stereocenters. The predicted molar refractivity (Wildman–Crippen MR) is 94.5 cm³/mol. The molecule has 0 aliphatic rings. The number of benzene rings is 1. The van der Waals surface area contributed by atoms with Crippen LogP contribution in [0.3, 0.4) is 0 Å². The first-order valence-corrected chi connectivity index (χ1v) is 8.10. The molecule has 1 aromatic carbocycles. The second kappa shape index (κ2) is 7.58. The Morgan fingerprint density at radius 2 is 1.91 bits per heavy atom. The molecule has 0 fully saturated rings. The summed E-state index contributed by atoms with van der Waals surface area (Å²) in [6.45, 7) is 1.81. The lowest BCUT2D eigenvalue weighted by molar-refractivity contribution is 0.0970. The van der Waals surface area contributed by atoms with Gasteiger partial charge in [-0.05, 0) is 42.1 Å². The van der Waals surface area contributed by atoms with E-state index in [0.717, 1.165) is 11.3 Å². The third kappa shape index (κ3) is 4.19. The van der Waals surface area contributed by atoms with Crippen LogP contribution in [0.15, 0.2) is 52.5 Å². The van der Waals surface area contributed by atoms with Crippen molar-refractivity contribution in [3.05, 3.63) is 68.0 Å². The molecule has 0 unspecified atom stereocenters. The fourth-order valence-electron chi connectivity index (χ4n) is 1.83. The monoisotopic (exact) mass is 352 g/mol. The minimum Gasteiger partial charge on any atom is -0.325 e. The molecular weight excluding hydrogens is 339 g/mol. The molecule has 22 heavy (non-hydrogen) atoms. The van der Waals surface area contributed by atoms with Crippen molar-refractivity contribution in [1.29, 1.82) is 0 Å². The highest BCUT2D eigenvalue weighted by Crippen LogP contribution is 2.22. The molecule has 0 saturated carbocycles. The standard InChI is InChI=1S/C16H14Cl2N2OS/c1-10(20-16(21)15-13(18)7-8-22-15)9-14(19-2)11-3-5-12(17)6-4-11/h3-9H,1-2H3,(H,20,21)/b10-9+,19-14?. The summed E-state index contributed by atoms with van der Waals surface area (Å²) in [6, 6.07) is 9.07. The van der Waals surface area contributed by atoms with E-state index in [1.807, 2.05) is 18.2 Å². The lowest BCUT2D eigenvalue weighted by Gasteiger charge is -2.06. The number of hydrogen-bond acceptors (Lipinski definition) is 3. The van der Waals surface area contributed by atoms with Crippen LogP contribution >= 0.6 is 34.5 Å².